The smallest absolute Gasteiger partial charge is 0.0507 e. The van der Waals surface area contributed by atoms with Gasteiger partial charge in [-0.3, -0.25) is 4.90 Å². The number of hydrogen-bond acceptors (Lipinski definition) is 3. The number of nitrogens with zero attached hydrogens (tertiary/aromatic N) is 1. The molecule has 3 N–H and O–H groups in total. The maximum atomic E-state index is 6.37. The van der Waals surface area contributed by atoms with Crippen molar-refractivity contribution in [1.29, 1.82) is 0 Å². The summed E-state index contributed by atoms with van der Waals surface area (Å²) in [5.74, 6) is 0.761. The highest BCUT2D eigenvalue weighted by atomic mass is 79.9. The molecule has 2 aliphatic rings. The maximum absolute atomic E-state index is 6.37. The number of hydrogen-bond donors (Lipinski definition) is 2. The molecule has 3 nitrogen and oxygen atoms in total. The van der Waals surface area contributed by atoms with Gasteiger partial charge in [-0.25, -0.2) is 0 Å². The van der Waals surface area contributed by atoms with E-state index in [1.54, 1.807) is 0 Å². The quantitative estimate of drug-likeness (QED) is 0.759. The zero-order valence-electron chi connectivity index (χ0n) is 11.5. The summed E-state index contributed by atoms with van der Waals surface area (Å²) in [6, 6.07) is 4.72. The molecule has 1 aromatic carbocycles. The third-order valence-corrected chi connectivity index (χ3v) is 5.70. The Hall–Kier alpha value is -0.100. The fourth-order valence-electron chi connectivity index (χ4n) is 3.31. The minimum absolute atomic E-state index is 0.472. The van der Waals surface area contributed by atoms with Gasteiger partial charge in [0.25, 0.3) is 0 Å². The Morgan fingerprint density at radius 3 is 2.50 bits per heavy atom. The predicted molar refractivity (Wildman–Crippen MR) is 90.8 cm³/mol. The molecule has 0 aromatic heterocycles. The Kier molecular flexibility index (Phi) is 4.70. The highest BCUT2D eigenvalue weighted by molar-refractivity contribution is 9.11. The highest BCUT2D eigenvalue weighted by Crippen LogP contribution is 2.45. The molecule has 0 bridgehead atoms. The summed E-state index contributed by atoms with van der Waals surface area (Å²) in [7, 11) is 0. The Morgan fingerprint density at radius 1 is 1.20 bits per heavy atom. The number of halogens is 2. The van der Waals surface area contributed by atoms with Crippen molar-refractivity contribution in [2.75, 3.05) is 31.9 Å². The normalized spacial score (nSPS) is 22.5. The summed E-state index contributed by atoms with van der Waals surface area (Å²) in [6.45, 7) is 4.39. The molecule has 110 valence electrons. The molecule has 0 radical (unpaired) electrons. The first kappa shape index (κ1) is 14.8. The van der Waals surface area contributed by atoms with Gasteiger partial charge in [0.15, 0.2) is 0 Å². The molecule has 1 saturated carbocycles. The summed E-state index contributed by atoms with van der Waals surface area (Å²) in [6.07, 6.45) is 4.03. The van der Waals surface area contributed by atoms with Crippen LogP contribution in [0.3, 0.4) is 0 Å². The molecule has 1 aliphatic carbocycles. The molecule has 5 heteroatoms. The molecule has 0 spiro atoms. The summed E-state index contributed by atoms with van der Waals surface area (Å²) in [5, 5.41) is 3.44. The number of nitrogens with one attached hydrogen (secondary N) is 1. The number of benzene rings is 1. The first-order valence-corrected chi connectivity index (χ1v) is 8.94. The van der Waals surface area contributed by atoms with Gasteiger partial charge in [-0.15, -0.1) is 0 Å². The fraction of sp³-hybridized carbons (Fsp3) is 0.600. The van der Waals surface area contributed by atoms with Crippen LogP contribution in [0.2, 0.25) is 0 Å². The SMILES string of the molecule is Nc1c(Br)cc(Br)cc1[C@@H](C1CCC1)N1CCNCC1. The second-order valence-electron chi connectivity index (χ2n) is 5.81. The van der Waals surface area contributed by atoms with Gasteiger partial charge in [0, 0.05) is 41.2 Å². The first-order chi connectivity index (χ1) is 9.66. The summed E-state index contributed by atoms with van der Waals surface area (Å²) in [4.78, 5) is 2.62. The van der Waals surface area contributed by atoms with Crippen LogP contribution in [-0.2, 0) is 0 Å². The van der Waals surface area contributed by atoms with Crippen molar-refractivity contribution < 1.29 is 0 Å². The van der Waals surface area contributed by atoms with Crippen LogP contribution in [0.4, 0.5) is 5.69 Å². The van der Waals surface area contributed by atoms with Crippen LogP contribution in [0.5, 0.6) is 0 Å². The van der Waals surface area contributed by atoms with Gasteiger partial charge in [0.1, 0.15) is 0 Å². The Bertz CT molecular complexity index is 482. The lowest BCUT2D eigenvalue weighted by Gasteiger charge is -2.43. The second-order valence-corrected chi connectivity index (χ2v) is 7.58. The van der Waals surface area contributed by atoms with Crippen molar-refractivity contribution in [3.05, 3.63) is 26.6 Å². The maximum Gasteiger partial charge on any atom is 0.0507 e. The van der Waals surface area contributed by atoms with Crippen molar-refractivity contribution in [3.63, 3.8) is 0 Å². The number of piperazine rings is 1. The average Bonchev–Trinajstić information content (AvgIpc) is 2.39. The van der Waals surface area contributed by atoms with E-state index < -0.39 is 0 Å². The second kappa shape index (κ2) is 6.34. The van der Waals surface area contributed by atoms with Crippen LogP contribution >= 0.6 is 31.9 Å². The lowest BCUT2D eigenvalue weighted by Crippen LogP contribution is -2.48. The fourth-order valence-corrected chi connectivity index (χ4v) is 4.57. The largest absolute Gasteiger partial charge is 0.398 e. The van der Waals surface area contributed by atoms with Crippen LogP contribution < -0.4 is 11.1 Å². The van der Waals surface area contributed by atoms with Gasteiger partial charge in [0.05, 0.1) is 5.69 Å². The van der Waals surface area contributed by atoms with E-state index >= 15 is 0 Å². The van der Waals surface area contributed by atoms with Crippen molar-refractivity contribution >= 4 is 37.5 Å². The predicted octanol–water partition coefficient (Wildman–Crippen LogP) is 3.54. The van der Waals surface area contributed by atoms with E-state index in [2.05, 4.69) is 48.1 Å². The van der Waals surface area contributed by atoms with Crippen molar-refractivity contribution in [1.82, 2.24) is 10.2 Å². The van der Waals surface area contributed by atoms with Crippen molar-refractivity contribution in [2.24, 2.45) is 5.92 Å². The highest BCUT2D eigenvalue weighted by Gasteiger charge is 2.35. The number of nitrogen functional groups attached to an aromatic ring is 1. The monoisotopic (exact) mass is 401 g/mol. The van der Waals surface area contributed by atoms with Gasteiger partial charge in [-0.1, -0.05) is 22.4 Å². The van der Waals surface area contributed by atoms with Gasteiger partial charge < -0.3 is 11.1 Å². The molecule has 1 heterocycles. The molecule has 0 amide bonds. The van der Waals surface area contributed by atoms with E-state index in [0.717, 1.165) is 46.7 Å². The molecular weight excluding hydrogens is 382 g/mol. The Morgan fingerprint density at radius 2 is 1.90 bits per heavy atom. The Balaban J connectivity index is 1.96. The van der Waals surface area contributed by atoms with Crippen LogP contribution in [0.25, 0.3) is 0 Å². The average molecular weight is 403 g/mol. The molecular formula is C15H21Br2N3. The van der Waals surface area contributed by atoms with Gasteiger partial charge in [0.2, 0.25) is 0 Å². The lowest BCUT2D eigenvalue weighted by molar-refractivity contribution is 0.0841. The van der Waals surface area contributed by atoms with Gasteiger partial charge in [-0.05, 0) is 52.4 Å². The van der Waals surface area contributed by atoms with Crippen LogP contribution in [0, 0.1) is 5.92 Å². The molecule has 1 saturated heterocycles. The lowest BCUT2D eigenvalue weighted by atomic mass is 9.76. The first-order valence-electron chi connectivity index (χ1n) is 7.36. The molecule has 2 fully saturated rings. The molecule has 0 unspecified atom stereocenters. The molecule has 1 atom stereocenters. The summed E-state index contributed by atoms with van der Waals surface area (Å²) >= 11 is 7.20. The minimum atomic E-state index is 0.472. The van der Waals surface area contributed by atoms with E-state index in [-0.39, 0.29) is 0 Å². The molecule has 1 aromatic rings. The van der Waals surface area contributed by atoms with Crippen molar-refractivity contribution in [2.45, 2.75) is 25.3 Å². The Labute approximate surface area is 137 Å². The van der Waals surface area contributed by atoms with E-state index in [0.29, 0.717) is 6.04 Å². The zero-order chi connectivity index (χ0) is 14.1. The van der Waals surface area contributed by atoms with E-state index in [4.69, 9.17) is 5.73 Å². The zero-order valence-corrected chi connectivity index (χ0v) is 14.7. The molecule has 3 rings (SSSR count). The van der Waals surface area contributed by atoms with E-state index in [1.165, 1.54) is 24.8 Å². The minimum Gasteiger partial charge on any atom is -0.398 e. The van der Waals surface area contributed by atoms with Gasteiger partial charge in [-0.2, -0.15) is 0 Å². The summed E-state index contributed by atoms with van der Waals surface area (Å²) in [5.41, 5.74) is 8.56. The number of nitrogens with two attached hydrogens (primary N) is 1. The standard InChI is InChI=1S/C15H21Br2N3/c16-11-8-12(14(18)13(17)9-11)15(10-2-1-3-10)20-6-4-19-5-7-20/h8-10,15,19H,1-7,18H2/t15-/m1/s1. The van der Waals surface area contributed by atoms with Crippen LogP contribution in [0.15, 0.2) is 21.1 Å². The third-order valence-electron chi connectivity index (χ3n) is 4.59. The van der Waals surface area contributed by atoms with E-state index in [9.17, 15) is 0 Å². The van der Waals surface area contributed by atoms with Crippen molar-refractivity contribution in [3.8, 4) is 0 Å². The van der Waals surface area contributed by atoms with Crippen LogP contribution in [0.1, 0.15) is 30.9 Å². The molecule has 20 heavy (non-hydrogen) atoms. The van der Waals surface area contributed by atoms with Gasteiger partial charge >= 0.3 is 0 Å². The molecule has 1 aliphatic heterocycles. The van der Waals surface area contributed by atoms with E-state index in [1.807, 2.05) is 6.07 Å². The number of rotatable bonds is 3. The van der Waals surface area contributed by atoms with Crippen LogP contribution in [-0.4, -0.2) is 31.1 Å². The summed E-state index contributed by atoms with van der Waals surface area (Å²) < 4.78 is 2.11. The number of anilines is 1. The third kappa shape index (κ3) is 2.91. The topological polar surface area (TPSA) is 41.3 Å².